The molecule has 0 bridgehead atoms. The van der Waals surface area contributed by atoms with Gasteiger partial charge in [0, 0.05) is 38.3 Å². The van der Waals surface area contributed by atoms with Gasteiger partial charge >= 0.3 is 0 Å². The van der Waals surface area contributed by atoms with E-state index in [1.807, 2.05) is 0 Å². The van der Waals surface area contributed by atoms with Crippen LogP contribution in [0.4, 0.5) is 4.39 Å². The first-order valence-corrected chi connectivity index (χ1v) is 7.73. The molecule has 0 radical (unpaired) electrons. The molecule has 1 heterocycles. The minimum Gasteiger partial charge on any atom is -0.351 e. The van der Waals surface area contributed by atoms with E-state index in [1.165, 1.54) is 6.07 Å². The molecule has 1 aliphatic heterocycles. The number of rotatable bonds is 6. The normalized spacial score (nSPS) is 14.8. The maximum atomic E-state index is 13.5. The molecule has 1 aromatic rings. The fraction of sp³-hybridized carbons (Fsp3) is 0.500. The van der Waals surface area contributed by atoms with Gasteiger partial charge in [0.2, 0.25) is 11.8 Å². The number of nitrogens with zero attached hydrogens (tertiary/aromatic N) is 2. The Hall–Kier alpha value is -1.99. The van der Waals surface area contributed by atoms with Crippen molar-refractivity contribution in [2.75, 3.05) is 46.3 Å². The summed E-state index contributed by atoms with van der Waals surface area (Å²) >= 11 is 0. The van der Waals surface area contributed by atoms with Gasteiger partial charge in [-0.3, -0.25) is 14.5 Å². The highest BCUT2D eigenvalue weighted by Crippen LogP contribution is 2.05. The largest absolute Gasteiger partial charge is 0.351 e. The van der Waals surface area contributed by atoms with Crippen LogP contribution < -0.4 is 10.6 Å². The zero-order valence-electron chi connectivity index (χ0n) is 13.3. The summed E-state index contributed by atoms with van der Waals surface area (Å²) in [6.07, 6.45) is 0. The predicted octanol–water partition coefficient (Wildman–Crippen LogP) is -0.194. The van der Waals surface area contributed by atoms with Crippen LogP contribution in [-0.4, -0.2) is 67.9 Å². The molecule has 2 amide bonds. The summed E-state index contributed by atoms with van der Waals surface area (Å²) in [5.74, 6) is -0.546. The van der Waals surface area contributed by atoms with E-state index in [0.717, 1.165) is 13.1 Å². The van der Waals surface area contributed by atoms with E-state index in [9.17, 15) is 14.0 Å². The molecule has 2 rings (SSSR count). The standard InChI is InChI=1S/C16H23FN4O2/c1-20(12-16(23)21-8-6-18-7-9-21)11-15(22)19-10-13-4-2-3-5-14(13)17/h2-5,18H,6-12H2,1H3,(H,19,22). The minimum atomic E-state index is -0.338. The number of carbonyl (C=O) groups is 2. The lowest BCUT2D eigenvalue weighted by atomic mass is 10.2. The van der Waals surface area contributed by atoms with Crippen LogP contribution in [-0.2, 0) is 16.1 Å². The van der Waals surface area contributed by atoms with E-state index in [-0.39, 0.29) is 37.3 Å². The van der Waals surface area contributed by atoms with Gasteiger partial charge in [0.05, 0.1) is 13.1 Å². The summed E-state index contributed by atoms with van der Waals surface area (Å²) in [7, 11) is 1.72. The van der Waals surface area contributed by atoms with Gasteiger partial charge < -0.3 is 15.5 Å². The average Bonchev–Trinajstić information content (AvgIpc) is 2.54. The van der Waals surface area contributed by atoms with Crippen LogP contribution in [0.3, 0.4) is 0 Å². The van der Waals surface area contributed by atoms with Crippen molar-refractivity contribution in [2.45, 2.75) is 6.54 Å². The van der Waals surface area contributed by atoms with Crippen molar-refractivity contribution >= 4 is 11.8 Å². The first-order valence-electron chi connectivity index (χ1n) is 7.73. The lowest BCUT2D eigenvalue weighted by Gasteiger charge is -2.29. The Kier molecular flexibility index (Phi) is 6.49. The number of amides is 2. The third-order valence-corrected chi connectivity index (χ3v) is 3.72. The van der Waals surface area contributed by atoms with Gasteiger partial charge in [-0.2, -0.15) is 0 Å². The Balaban J connectivity index is 1.71. The predicted molar refractivity (Wildman–Crippen MR) is 85.2 cm³/mol. The highest BCUT2D eigenvalue weighted by atomic mass is 19.1. The maximum Gasteiger partial charge on any atom is 0.236 e. The molecule has 0 saturated carbocycles. The van der Waals surface area contributed by atoms with Gasteiger partial charge in [-0.1, -0.05) is 18.2 Å². The molecule has 0 spiro atoms. The Morgan fingerprint density at radius 1 is 1.26 bits per heavy atom. The highest BCUT2D eigenvalue weighted by Gasteiger charge is 2.18. The summed E-state index contributed by atoms with van der Waals surface area (Å²) in [4.78, 5) is 27.4. The number of piperazine rings is 1. The van der Waals surface area contributed by atoms with Crippen molar-refractivity contribution in [2.24, 2.45) is 0 Å². The van der Waals surface area contributed by atoms with Crippen LogP contribution in [0.2, 0.25) is 0 Å². The average molecular weight is 322 g/mol. The van der Waals surface area contributed by atoms with Crippen LogP contribution in [0.1, 0.15) is 5.56 Å². The molecule has 0 aliphatic carbocycles. The van der Waals surface area contributed by atoms with Gasteiger partial charge in [0.1, 0.15) is 5.82 Å². The highest BCUT2D eigenvalue weighted by molar-refractivity contribution is 5.81. The lowest BCUT2D eigenvalue weighted by molar-refractivity contribution is -0.133. The lowest BCUT2D eigenvalue weighted by Crippen LogP contribution is -2.50. The van der Waals surface area contributed by atoms with Crippen LogP contribution >= 0.6 is 0 Å². The molecule has 1 saturated heterocycles. The van der Waals surface area contributed by atoms with Gasteiger partial charge in [-0.05, 0) is 13.1 Å². The topological polar surface area (TPSA) is 64.7 Å². The van der Waals surface area contributed by atoms with Crippen LogP contribution in [0.25, 0.3) is 0 Å². The molecule has 1 fully saturated rings. The number of hydrogen-bond donors (Lipinski definition) is 2. The summed E-state index contributed by atoms with van der Waals surface area (Å²) in [5, 5.41) is 5.86. The molecule has 2 N–H and O–H groups in total. The Labute approximate surface area is 135 Å². The number of carbonyl (C=O) groups excluding carboxylic acids is 2. The maximum absolute atomic E-state index is 13.5. The molecule has 7 heteroatoms. The summed E-state index contributed by atoms with van der Waals surface area (Å²) < 4.78 is 13.5. The first-order chi connectivity index (χ1) is 11.1. The van der Waals surface area contributed by atoms with Gasteiger partial charge in [-0.15, -0.1) is 0 Å². The second-order valence-electron chi connectivity index (χ2n) is 5.67. The fourth-order valence-electron chi connectivity index (χ4n) is 2.44. The molecule has 23 heavy (non-hydrogen) atoms. The number of benzene rings is 1. The summed E-state index contributed by atoms with van der Waals surface area (Å²) in [6, 6.07) is 6.33. The molecule has 0 atom stereocenters. The van der Waals surface area contributed by atoms with Crippen molar-refractivity contribution in [3.8, 4) is 0 Å². The van der Waals surface area contributed by atoms with Gasteiger partial charge in [-0.25, -0.2) is 4.39 Å². The zero-order chi connectivity index (χ0) is 16.7. The fourth-order valence-corrected chi connectivity index (χ4v) is 2.44. The van der Waals surface area contributed by atoms with Gasteiger partial charge in [0.15, 0.2) is 0 Å². The number of halogens is 1. The van der Waals surface area contributed by atoms with Crippen molar-refractivity contribution in [3.05, 3.63) is 35.6 Å². The van der Waals surface area contributed by atoms with Crippen LogP contribution in [0.5, 0.6) is 0 Å². The molecule has 1 aliphatic rings. The molecule has 126 valence electrons. The molecule has 6 nitrogen and oxygen atoms in total. The van der Waals surface area contributed by atoms with Gasteiger partial charge in [0.25, 0.3) is 0 Å². The molecule has 0 aromatic heterocycles. The molecular formula is C16H23FN4O2. The van der Waals surface area contributed by atoms with Crippen LogP contribution in [0, 0.1) is 5.82 Å². The van der Waals surface area contributed by atoms with Crippen molar-refractivity contribution in [1.29, 1.82) is 0 Å². The van der Waals surface area contributed by atoms with Crippen molar-refractivity contribution in [1.82, 2.24) is 20.4 Å². The SMILES string of the molecule is CN(CC(=O)NCc1ccccc1F)CC(=O)N1CCNCC1. The Bertz CT molecular complexity index is 547. The van der Waals surface area contributed by atoms with E-state index < -0.39 is 0 Å². The van der Waals surface area contributed by atoms with Crippen molar-refractivity contribution in [3.63, 3.8) is 0 Å². The number of likely N-dealkylation sites (N-methyl/N-ethyl adjacent to an activating group) is 1. The molecular weight excluding hydrogens is 299 g/mol. The summed E-state index contributed by atoms with van der Waals surface area (Å²) in [6.45, 7) is 3.46. The Morgan fingerprint density at radius 3 is 2.65 bits per heavy atom. The molecule has 0 unspecified atom stereocenters. The second-order valence-corrected chi connectivity index (χ2v) is 5.67. The zero-order valence-corrected chi connectivity index (χ0v) is 13.3. The summed E-state index contributed by atoms with van der Waals surface area (Å²) in [5.41, 5.74) is 0.445. The smallest absolute Gasteiger partial charge is 0.236 e. The van der Waals surface area contributed by atoms with Crippen LogP contribution in [0.15, 0.2) is 24.3 Å². The third-order valence-electron chi connectivity index (χ3n) is 3.72. The third kappa shape index (κ3) is 5.61. The van der Waals surface area contributed by atoms with E-state index in [4.69, 9.17) is 0 Å². The first kappa shape index (κ1) is 17.4. The molecule has 1 aromatic carbocycles. The Morgan fingerprint density at radius 2 is 1.96 bits per heavy atom. The monoisotopic (exact) mass is 322 g/mol. The second kappa shape index (κ2) is 8.59. The van der Waals surface area contributed by atoms with E-state index in [2.05, 4.69) is 10.6 Å². The van der Waals surface area contributed by atoms with E-state index >= 15 is 0 Å². The van der Waals surface area contributed by atoms with E-state index in [1.54, 1.807) is 35.0 Å². The number of hydrogen-bond acceptors (Lipinski definition) is 4. The van der Waals surface area contributed by atoms with Crippen molar-refractivity contribution < 1.29 is 14.0 Å². The van der Waals surface area contributed by atoms with E-state index in [0.29, 0.717) is 18.7 Å². The minimum absolute atomic E-state index is 0.0240. The quantitative estimate of drug-likeness (QED) is 0.762. The number of nitrogens with one attached hydrogen (secondary N) is 2.